The molecule has 28 heavy (non-hydrogen) atoms. The third-order valence-electron chi connectivity index (χ3n) is 4.79. The van der Waals surface area contributed by atoms with E-state index >= 15 is 0 Å². The van der Waals surface area contributed by atoms with Crippen LogP contribution in [0.25, 0.3) is 10.9 Å². The van der Waals surface area contributed by atoms with Crippen molar-refractivity contribution in [3.63, 3.8) is 0 Å². The Balaban J connectivity index is 1.52. The van der Waals surface area contributed by atoms with Crippen molar-refractivity contribution in [3.8, 4) is 5.75 Å². The Morgan fingerprint density at radius 1 is 1.11 bits per heavy atom. The fourth-order valence-corrected chi connectivity index (χ4v) is 3.28. The number of rotatable bonds is 7. The van der Waals surface area contributed by atoms with Gasteiger partial charge in [-0.25, -0.2) is 4.39 Å². The summed E-state index contributed by atoms with van der Waals surface area (Å²) >= 11 is 0. The first-order valence-electron chi connectivity index (χ1n) is 9.38. The highest BCUT2D eigenvalue weighted by atomic mass is 19.1. The molecule has 0 spiro atoms. The number of hydrogen-bond donors (Lipinski definition) is 1. The van der Waals surface area contributed by atoms with Crippen molar-refractivity contribution in [2.24, 2.45) is 0 Å². The van der Waals surface area contributed by atoms with Crippen LogP contribution in [0.2, 0.25) is 0 Å². The van der Waals surface area contributed by atoms with Crippen LogP contribution in [0.15, 0.2) is 79.3 Å². The first-order valence-corrected chi connectivity index (χ1v) is 9.38. The van der Waals surface area contributed by atoms with Gasteiger partial charge in [0, 0.05) is 23.3 Å². The van der Waals surface area contributed by atoms with Gasteiger partial charge < -0.3 is 10.2 Å². The van der Waals surface area contributed by atoms with Gasteiger partial charge in [-0.2, -0.15) is 0 Å². The normalized spacial score (nSPS) is 12.1. The third kappa shape index (κ3) is 3.83. The summed E-state index contributed by atoms with van der Waals surface area (Å²) in [5.41, 5.74) is 6.15. The van der Waals surface area contributed by atoms with Gasteiger partial charge in [0.2, 0.25) is 0 Å². The summed E-state index contributed by atoms with van der Waals surface area (Å²) in [4.78, 5) is 3.83. The predicted molar refractivity (Wildman–Crippen MR) is 109 cm³/mol. The number of aromatic nitrogens is 2. The SMILES string of the molecule is CCC(Nn1ccc2cc(OCc3ccccc3)ccc21)c1ccncc1F. The highest BCUT2D eigenvalue weighted by Crippen LogP contribution is 2.25. The van der Waals surface area contributed by atoms with E-state index in [9.17, 15) is 4.39 Å². The summed E-state index contributed by atoms with van der Waals surface area (Å²) < 4.78 is 22.0. The molecule has 4 aromatic rings. The Morgan fingerprint density at radius 2 is 1.96 bits per heavy atom. The molecule has 0 fully saturated rings. The largest absolute Gasteiger partial charge is 0.489 e. The molecule has 1 unspecified atom stereocenters. The topological polar surface area (TPSA) is 39.1 Å². The van der Waals surface area contributed by atoms with E-state index in [0.717, 1.165) is 28.6 Å². The molecule has 0 aliphatic carbocycles. The van der Waals surface area contributed by atoms with Crippen molar-refractivity contribution in [3.05, 3.63) is 96.2 Å². The van der Waals surface area contributed by atoms with Gasteiger partial charge in [0.15, 0.2) is 0 Å². The van der Waals surface area contributed by atoms with E-state index in [-0.39, 0.29) is 11.9 Å². The van der Waals surface area contributed by atoms with Gasteiger partial charge >= 0.3 is 0 Å². The van der Waals surface area contributed by atoms with E-state index in [0.29, 0.717) is 12.2 Å². The van der Waals surface area contributed by atoms with E-state index in [2.05, 4.69) is 10.4 Å². The van der Waals surface area contributed by atoms with Crippen molar-refractivity contribution in [1.29, 1.82) is 0 Å². The average Bonchev–Trinajstić information content (AvgIpc) is 3.14. The van der Waals surface area contributed by atoms with E-state index < -0.39 is 0 Å². The zero-order chi connectivity index (χ0) is 19.3. The Hall–Kier alpha value is -3.34. The second kappa shape index (κ2) is 8.13. The first kappa shape index (κ1) is 18.0. The number of benzene rings is 2. The number of nitrogens with one attached hydrogen (secondary N) is 1. The van der Waals surface area contributed by atoms with Gasteiger partial charge in [0.1, 0.15) is 18.2 Å². The molecule has 142 valence electrons. The highest BCUT2D eigenvalue weighted by molar-refractivity contribution is 5.82. The molecule has 4 rings (SSSR count). The van der Waals surface area contributed by atoms with Crippen LogP contribution in [0.5, 0.6) is 5.75 Å². The van der Waals surface area contributed by atoms with E-state index in [4.69, 9.17) is 4.74 Å². The lowest BCUT2D eigenvalue weighted by atomic mass is 10.1. The lowest BCUT2D eigenvalue weighted by Crippen LogP contribution is -2.20. The molecular formula is C23H22FN3O. The smallest absolute Gasteiger partial charge is 0.146 e. The van der Waals surface area contributed by atoms with E-state index in [1.54, 1.807) is 12.3 Å². The summed E-state index contributed by atoms with van der Waals surface area (Å²) in [7, 11) is 0. The molecular weight excluding hydrogens is 353 g/mol. The predicted octanol–water partition coefficient (Wildman–Crippen LogP) is 5.45. The zero-order valence-electron chi connectivity index (χ0n) is 15.7. The fraction of sp³-hybridized carbons (Fsp3) is 0.174. The minimum absolute atomic E-state index is 0.146. The third-order valence-corrected chi connectivity index (χ3v) is 4.79. The van der Waals surface area contributed by atoms with Crippen molar-refractivity contribution < 1.29 is 9.13 Å². The summed E-state index contributed by atoms with van der Waals surface area (Å²) in [5.74, 6) is 0.524. The van der Waals surface area contributed by atoms with Crippen LogP contribution in [0.4, 0.5) is 4.39 Å². The Kier molecular flexibility index (Phi) is 5.24. The average molecular weight is 375 g/mol. The van der Waals surface area contributed by atoms with Crippen LogP contribution < -0.4 is 10.2 Å². The lowest BCUT2D eigenvalue weighted by molar-refractivity contribution is 0.306. The molecule has 0 saturated heterocycles. The molecule has 0 bridgehead atoms. The summed E-state index contributed by atoms with van der Waals surface area (Å²) in [6.45, 7) is 2.56. The maximum Gasteiger partial charge on any atom is 0.146 e. The maximum absolute atomic E-state index is 14.1. The van der Waals surface area contributed by atoms with E-state index in [1.807, 2.05) is 72.4 Å². The highest BCUT2D eigenvalue weighted by Gasteiger charge is 2.15. The molecule has 0 aliphatic heterocycles. The van der Waals surface area contributed by atoms with Crippen LogP contribution in [0, 0.1) is 5.82 Å². The van der Waals surface area contributed by atoms with Crippen LogP contribution in [-0.2, 0) is 6.61 Å². The van der Waals surface area contributed by atoms with Gasteiger partial charge in [0.25, 0.3) is 0 Å². The van der Waals surface area contributed by atoms with Crippen molar-refractivity contribution >= 4 is 10.9 Å². The standard InChI is InChI=1S/C23H22FN3O/c1-2-22(20-10-12-25-15-21(20)24)26-27-13-11-18-14-19(8-9-23(18)27)28-16-17-6-4-3-5-7-17/h3-15,22,26H,2,16H2,1H3. The molecule has 2 aromatic heterocycles. The molecule has 0 saturated carbocycles. The maximum atomic E-state index is 14.1. The van der Waals surface area contributed by atoms with Gasteiger partial charge in [-0.05, 0) is 42.3 Å². The fourth-order valence-electron chi connectivity index (χ4n) is 3.28. The Labute approximate surface area is 163 Å². The van der Waals surface area contributed by atoms with Crippen molar-refractivity contribution in [1.82, 2.24) is 9.66 Å². The second-order valence-corrected chi connectivity index (χ2v) is 6.67. The molecule has 1 atom stereocenters. The van der Waals surface area contributed by atoms with Gasteiger partial charge in [-0.15, -0.1) is 0 Å². The zero-order valence-corrected chi connectivity index (χ0v) is 15.7. The molecule has 5 heteroatoms. The second-order valence-electron chi connectivity index (χ2n) is 6.67. The Morgan fingerprint density at radius 3 is 2.75 bits per heavy atom. The summed E-state index contributed by atoms with van der Waals surface area (Å²) in [6.07, 6.45) is 5.57. The summed E-state index contributed by atoms with van der Waals surface area (Å²) in [5, 5.41) is 1.06. The Bertz CT molecular complexity index is 1060. The molecule has 0 amide bonds. The van der Waals surface area contributed by atoms with Gasteiger partial charge in [-0.3, -0.25) is 9.66 Å². The number of nitrogens with zero attached hydrogens (tertiary/aromatic N) is 2. The van der Waals surface area contributed by atoms with Gasteiger partial charge in [0.05, 0.1) is 17.8 Å². The minimum atomic E-state index is -0.296. The van der Waals surface area contributed by atoms with Crippen LogP contribution in [0.3, 0.4) is 0 Å². The quantitative estimate of drug-likeness (QED) is 0.467. The van der Waals surface area contributed by atoms with Crippen LogP contribution >= 0.6 is 0 Å². The van der Waals surface area contributed by atoms with Crippen LogP contribution in [0.1, 0.15) is 30.5 Å². The number of fused-ring (bicyclic) bond motifs is 1. The van der Waals surface area contributed by atoms with Gasteiger partial charge in [-0.1, -0.05) is 37.3 Å². The van der Waals surface area contributed by atoms with E-state index in [1.165, 1.54) is 6.20 Å². The number of halogens is 1. The molecule has 2 heterocycles. The first-order chi connectivity index (χ1) is 13.7. The monoisotopic (exact) mass is 375 g/mol. The van der Waals surface area contributed by atoms with Crippen LogP contribution in [-0.4, -0.2) is 9.66 Å². The number of ether oxygens (including phenoxy) is 1. The molecule has 0 radical (unpaired) electrons. The lowest BCUT2D eigenvalue weighted by Gasteiger charge is -2.20. The molecule has 4 nitrogen and oxygen atoms in total. The summed E-state index contributed by atoms with van der Waals surface area (Å²) in [6, 6.07) is 19.7. The van der Waals surface area contributed by atoms with Crippen molar-refractivity contribution in [2.75, 3.05) is 5.43 Å². The van der Waals surface area contributed by atoms with Crippen molar-refractivity contribution in [2.45, 2.75) is 26.0 Å². The molecule has 1 N–H and O–H groups in total. The minimum Gasteiger partial charge on any atom is -0.489 e. The number of hydrogen-bond acceptors (Lipinski definition) is 3. The molecule has 2 aromatic carbocycles. The number of pyridine rings is 1. The molecule has 0 aliphatic rings.